The van der Waals surface area contributed by atoms with Gasteiger partial charge >= 0.3 is 7.82 Å². The number of aliphatic hydroxyl groups excluding tert-OH is 3. The number of aromatic nitrogens is 4. The van der Waals surface area contributed by atoms with Crippen LogP contribution in [0.5, 0.6) is 5.75 Å². The summed E-state index contributed by atoms with van der Waals surface area (Å²) in [5, 5.41) is 30.3. The molecular formula is C18H24N5O9P. The molecule has 0 spiro atoms. The molecular weight excluding hydrogens is 461 g/mol. The highest BCUT2D eigenvalue weighted by atomic mass is 31.2. The number of nitrogens with one attached hydrogen (secondary N) is 2. The van der Waals surface area contributed by atoms with Gasteiger partial charge in [-0.15, -0.1) is 0 Å². The molecule has 0 radical (unpaired) electrons. The molecule has 0 bridgehead atoms. The molecule has 3 aromatic rings. The van der Waals surface area contributed by atoms with Crippen molar-refractivity contribution in [2.75, 3.05) is 19.0 Å². The van der Waals surface area contributed by atoms with E-state index in [1.807, 2.05) is 24.3 Å². The zero-order valence-corrected chi connectivity index (χ0v) is 18.2. The Morgan fingerprint density at radius 3 is 2.58 bits per heavy atom. The summed E-state index contributed by atoms with van der Waals surface area (Å²) in [6.45, 7) is 0.00864. The standard InChI is InChI=1S/C13H13N5O.C5H11O8P/c1-19-10-5-3-2-4-9(10)6-14-12-11-13(16-7-15-11)18-8-17-12;6-3-2(1-12-14(9,10)11)13-5(8)4(3)7/h2-5,7-8H,6H2,1H3,(H2,14,15,16,17,18);2-8H,1H2,(H2,9,10,11)/t;2-,3-,4-,5?/m.1/s1. The molecule has 15 heteroatoms. The number of phosphoric ester groups is 1. The van der Waals surface area contributed by atoms with Crippen LogP contribution >= 0.6 is 7.82 Å². The number of hydrogen-bond acceptors (Lipinski definition) is 11. The third-order valence-electron chi connectivity index (χ3n) is 4.61. The molecule has 2 aromatic heterocycles. The second-order valence-electron chi connectivity index (χ2n) is 6.82. The van der Waals surface area contributed by atoms with Gasteiger partial charge in [0, 0.05) is 12.1 Å². The molecule has 1 unspecified atom stereocenters. The Kier molecular flexibility index (Phi) is 8.29. The van der Waals surface area contributed by atoms with E-state index in [1.54, 1.807) is 13.4 Å². The Hall–Kier alpha value is -2.68. The summed E-state index contributed by atoms with van der Waals surface area (Å²) in [6.07, 6.45) is -2.57. The van der Waals surface area contributed by atoms with Gasteiger partial charge in [-0.1, -0.05) is 18.2 Å². The Bertz CT molecular complexity index is 1090. The van der Waals surface area contributed by atoms with Crippen LogP contribution in [0, 0.1) is 0 Å². The minimum Gasteiger partial charge on any atom is -0.496 e. The number of imidazole rings is 1. The third-order valence-corrected chi connectivity index (χ3v) is 5.09. The zero-order valence-electron chi connectivity index (χ0n) is 17.3. The largest absolute Gasteiger partial charge is 0.496 e. The molecule has 1 aliphatic heterocycles. The Labute approximate surface area is 187 Å². The summed E-state index contributed by atoms with van der Waals surface area (Å²) in [5.41, 5.74) is 2.52. The Morgan fingerprint density at radius 2 is 1.91 bits per heavy atom. The number of H-pyrrole nitrogens is 1. The van der Waals surface area contributed by atoms with Crippen LogP contribution in [-0.2, 0) is 20.4 Å². The van der Waals surface area contributed by atoms with Crippen LogP contribution in [0.3, 0.4) is 0 Å². The van der Waals surface area contributed by atoms with Gasteiger partial charge in [0.25, 0.3) is 0 Å². The number of rotatable bonds is 7. The molecule has 4 rings (SSSR count). The molecule has 1 saturated heterocycles. The average Bonchev–Trinajstić information content (AvgIpc) is 3.37. The van der Waals surface area contributed by atoms with Crippen molar-refractivity contribution in [1.29, 1.82) is 0 Å². The number of benzene rings is 1. The van der Waals surface area contributed by atoms with E-state index in [0.717, 1.165) is 22.6 Å². The molecule has 1 aliphatic rings. The molecule has 180 valence electrons. The summed E-state index contributed by atoms with van der Waals surface area (Å²) in [6, 6.07) is 7.87. The minimum absolute atomic E-state index is 0.612. The maximum absolute atomic E-state index is 10.3. The van der Waals surface area contributed by atoms with Gasteiger partial charge in [0.2, 0.25) is 0 Å². The lowest BCUT2D eigenvalue weighted by Crippen LogP contribution is -2.34. The summed E-state index contributed by atoms with van der Waals surface area (Å²) >= 11 is 0. The molecule has 4 atom stereocenters. The molecule has 0 aliphatic carbocycles. The summed E-state index contributed by atoms with van der Waals surface area (Å²) in [5.74, 6) is 1.58. The van der Waals surface area contributed by atoms with Gasteiger partial charge in [-0.05, 0) is 6.07 Å². The first-order chi connectivity index (χ1) is 15.7. The van der Waals surface area contributed by atoms with E-state index in [-0.39, 0.29) is 0 Å². The van der Waals surface area contributed by atoms with Crippen molar-refractivity contribution in [3.05, 3.63) is 42.5 Å². The van der Waals surface area contributed by atoms with E-state index >= 15 is 0 Å². The van der Waals surface area contributed by atoms with Gasteiger partial charge in [-0.25, -0.2) is 19.5 Å². The first kappa shape index (κ1) is 25.0. The number of methoxy groups -OCH3 is 1. The second kappa shape index (κ2) is 11.0. The Balaban J connectivity index is 0.000000196. The molecule has 7 N–H and O–H groups in total. The Morgan fingerprint density at radius 1 is 1.15 bits per heavy atom. The quantitative estimate of drug-likeness (QED) is 0.211. The van der Waals surface area contributed by atoms with Crippen LogP contribution in [0.15, 0.2) is 36.9 Å². The molecule has 0 saturated carbocycles. The van der Waals surface area contributed by atoms with Crippen molar-refractivity contribution in [2.45, 2.75) is 31.1 Å². The molecule has 1 fully saturated rings. The lowest BCUT2D eigenvalue weighted by Gasteiger charge is -2.14. The highest BCUT2D eigenvalue weighted by molar-refractivity contribution is 7.46. The molecule has 14 nitrogen and oxygen atoms in total. The number of phosphoric acid groups is 1. The van der Waals surface area contributed by atoms with Crippen molar-refractivity contribution in [3.8, 4) is 5.75 Å². The minimum atomic E-state index is -4.64. The molecule has 3 heterocycles. The molecule has 33 heavy (non-hydrogen) atoms. The SMILES string of the molecule is COc1ccccc1CNc1ncnc2nc[nH]c12.O=P(O)(O)OC[C@H]1OC(O)[C@H](O)[C@@H]1O. The first-order valence-electron chi connectivity index (χ1n) is 9.59. The summed E-state index contributed by atoms with van der Waals surface area (Å²) < 4.78 is 24.2. The normalized spacial score (nSPS) is 22.6. The third kappa shape index (κ3) is 6.66. The van der Waals surface area contributed by atoms with Crippen LogP contribution in [0.4, 0.5) is 5.82 Å². The first-order valence-corrected chi connectivity index (χ1v) is 11.1. The molecule has 1 aromatic carbocycles. The highest BCUT2D eigenvalue weighted by Gasteiger charge is 2.42. The zero-order chi connectivity index (χ0) is 24.0. The van der Waals surface area contributed by atoms with Crippen LogP contribution in [-0.4, -0.2) is 83.4 Å². The van der Waals surface area contributed by atoms with Crippen molar-refractivity contribution >= 4 is 24.8 Å². The number of ether oxygens (including phenoxy) is 2. The number of para-hydroxylation sites is 1. The fraction of sp³-hybridized carbons (Fsp3) is 0.389. The van der Waals surface area contributed by atoms with Gasteiger partial charge in [-0.3, -0.25) is 4.52 Å². The molecule has 0 amide bonds. The smallest absolute Gasteiger partial charge is 0.469 e. The maximum atomic E-state index is 10.3. The van der Waals surface area contributed by atoms with Gasteiger partial charge in [0.15, 0.2) is 17.8 Å². The second-order valence-corrected chi connectivity index (χ2v) is 8.06. The van der Waals surface area contributed by atoms with Crippen LogP contribution < -0.4 is 10.1 Å². The number of aromatic amines is 1. The predicted octanol–water partition coefficient (Wildman–Crippen LogP) is -0.492. The number of fused-ring (bicyclic) bond motifs is 1. The fourth-order valence-electron chi connectivity index (χ4n) is 2.96. The van der Waals surface area contributed by atoms with Crippen molar-refractivity contribution < 1.29 is 43.7 Å². The van der Waals surface area contributed by atoms with E-state index in [4.69, 9.17) is 29.8 Å². The fourth-order valence-corrected chi connectivity index (χ4v) is 3.31. The van der Waals surface area contributed by atoms with E-state index in [9.17, 15) is 4.57 Å². The topological polar surface area (TPSA) is 212 Å². The van der Waals surface area contributed by atoms with Crippen molar-refractivity contribution in [3.63, 3.8) is 0 Å². The van der Waals surface area contributed by atoms with Gasteiger partial charge in [0.1, 0.15) is 35.9 Å². The van der Waals surface area contributed by atoms with Gasteiger partial charge in [0.05, 0.1) is 20.0 Å². The van der Waals surface area contributed by atoms with E-state index in [0.29, 0.717) is 12.2 Å². The van der Waals surface area contributed by atoms with Crippen LogP contribution in [0.1, 0.15) is 5.56 Å². The lowest BCUT2D eigenvalue weighted by molar-refractivity contribution is -0.132. The van der Waals surface area contributed by atoms with E-state index < -0.39 is 39.0 Å². The number of aliphatic hydroxyl groups is 3. The monoisotopic (exact) mass is 485 g/mol. The maximum Gasteiger partial charge on any atom is 0.469 e. The van der Waals surface area contributed by atoms with Crippen LogP contribution in [0.2, 0.25) is 0 Å². The lowest BCUT2D eigenvalue weighted by atomic mass is 10.1. The predicted molar refractivity (Wildman–Crippen MR) is 113 cm³/mol. The number of nitrogens with zero attached hydrogens (tertiary/aromatic N) is 3. The van der Waals surface area contributed by atoms with E-state index in [2.05, 4.69) is 34.5 Å². The average molecular weight is 485 g/mol. The van der Waals surface area contributed by atoms with Crippen molar-refractivity contribution in [1.82, 2.24) is 19.9 Å². The van der Waals surface area contributed by atoms with Crippen LogP contribution in [0.25, 0.3) is 11.2 Å². The number of hydrogen-bond donors (Lipinski definition) is 7. The highest BCUT2D eigenvalue weighted by Crippen LogP contribution is 2.37. The van der Waals surface area contributed by atoms with E-state index in [1.165, 1.54) is 6.33 Å². The van der Waals surface area contributed by atoms with Gasteiger partial charge < -0.3 is 44.9 Å². The summed E-state index contributed by atoms with van der Waals surface area (Å²) in [4.78, 5) is 32.1. The van der Waals surface area contributed by atoms with Gasteiger partial charge in [-0.2, -0.15) is 0 Å². The number of anilines is 1. The van der Waals surface area contributed by atoms with Crippen molar-refractivity contribution in [2.24, 2.45) is 0 Å². The summed E-state index contributed by atoms with van der Waals surface area (Å²) in [7, 11) is -2.98.